The van der Waals surface area contributed by atoms with Crippen LogP contribution in [0.2, 0.25) is 0 Å². The lowest BCUT2D eigenvalue weighted by atomic mass is 10.0. The molecule has 0 bridgehead atoms. The molecule has 19 heavy (non-hydrogen) atoms. The van der Waals surface area contributed by atoms with Crippen LogP contribution >= 0.6 is 15.9 Å². The highest BCUT2D eigenvalue weighted by Crippen LogP contribution is 2.25. The molecule has 1 nitrogen and oxygen atoms in total. The molecule has 0 aliphatic rings. The van der Waals surface area contributed by atoms with E-state index in [0.717, 1.165) is 4.47 Å². The first-order valence-electron chi connectivity index (χ1n) is 6.65. The molecule has 1 N–H and O–H groups in total. The molecule has 100 valence electrons. The Morgan fingerprint density at radius 2 is 1.68 bits per heavy atom. The van der Waals surface area contributed by atoms with Gasteiger partial charge in [0.15, 0.2) is 0 Å². The highest BCUT2D eigenvalue weighted by Gasteiger charge is 2.12. The largest absolute Gasteiger partial charge is 0.304 e. The molecule has 0 heterocycles. The molecule has 2 rings (SSSR count). The van der Waals surface area contributed by atoms with Gasteiger partial charge in [0.25, 0.3) is 0 Å². The fourth-order valence-corrected chi connectivity index (χ4v) is 2.95. The molecule has 1 unspecified atom stereocenters. The van der Waals surface area contributed by atoms with Crippen molar-refractivity contribution in [3.63, 3.8) is 0 Å². The number of rotatable bonds is 4. The number of benzene rings is 2. The van der Waals surface area contributed by atoms with E-state index in [1.54, 1.807) is 0 Å². The van der Waals surface area contributed by atoms with Crippen LogP contribution < -0.4 is 5.32 Å². The molecular formula is C17H20BrN. The maximum absolute atomic E-state index is 3.65. The first-order valence-corrected chi connectivity index (χ1v) is 7.44. The summed E-state index contributed by atoms with van der Waals surface area (Å²) in [6.07, 6.45) is 0. The van der Waals surface area contributed by atoms with Crippen LogP contribution in [0.15, 0.2) is 53.0 Å². The molecule has 2 heteroatoms. The zero-order valence-electron chi connectivity index (χ0n) is 11.7. The maximum atomic E-state index is 3.65. The molecule has 0 aliphatic heterocycles. The summed E-state index contributed by atoms with van der Waals surface area (Å²) in [6, 6.07) is 17.7. The van der Waals surface area contributed by atoms with Crippen LogP contribution in [0.4, 0.5) is 0 Å². The molecule has 2 aromatic carbocycles. The minimum absolute atomic E-state index is 0.311. The lowest BCUT2D eigenvalue weighted by Crippen LogP contribution is -2.22. The van der Waals surface area contributed by atoms with E-state index >= 15 is 0 Å². The molecule has 0 saturated heterocycles. The van der Waals surface area contributed by atoms with E-state index in [1.165, 1.54) is 16.7 Å². The topological polar surface area (TPSA) is 12.0 Å². The van der Waals surface area contributed by atoms with Crippen molar-refractivity contribution in [2.75, 3.05) is 0 Å². The minimum Gasteiger partial charge on any atom is -0.304 e. The van der Waals surface area contributed by atoms with Gasteiger partial charge < -0.3 is 5.32 Å². The van der Waals surface area contributed by atoms with Crippen LogP contribution in [0.1, 0.15) is 42.6 Å². The van der Waals surface area contributed by atoms with E-state index in [4.69, 9.17) is 0 Å². The molecular weight excluding hydrogens is 298 g/mol. The molecule has 0 aliphatic carbocycles. The van der Waals surface area contributed by atoms with Gasteiger partial charge in [-0.05, 0) is 38.0 Å². The van der Waals surface area contributed by atoms with E-state index in [-0.39, 0.29) is 0 Å². The van der Waals surface area contributed by atoms with Crippen molar-refractivity contribution in [2.24, 2.45) is 0 Å². The number of aryl methyl sites for hydroxylation is 1. The Bertz CT molecular complexity index is 550. The van der Waals surface area contributed by atoms with Crippen molar-refractivity contribution in [3.8, 4) is 0 Å². The van der Waals surface area contributed by atoms with Gasteiger partial charge in [-0.25, -0.2) is 0 Å². The van der Waals surface area contributed by atoms with Gasteiger partial charge in [0.1, 0.15) is 0 Å². The third kappa shape index (κ3) is 3.68. The predicted octanol–water partition coefficient (Wildman–Crippen LogP) is 5.17. The molecule has 0 spiro atoms. The lowest BCUT2D eigenvalue weighted by Gasteiger charge is -2.22. The second kappa shape index (κ2) is 6.36. The minimum atomic E-state index is 0.311. The van der Waals surface area contributed by atoms with Crippen molar-refractivity contribution < 1.29 is 0 Å². The van der Waals surface area contributed by atoms with Crippen molar-refractivity contribution in [3.05, 3.63) is 69.7 Å². The molecule has 0 amide bonds. The molecule has 2 atom stereocenters. The summed E-state index contributed by atoms with van der Waals surface area (Å²) in [5.41, 5.74) is 3.93. The Kier molecular flexibility index (Phi) is 4.78. The smallest absolute Gasteiger partial charge is 0.0308 e. The van der Waals surface area contributed by atoms with Gasteiger partial charge in [-0.3, -0.25) is 0 Å². The van der Waals surface area contributed by atoms with Crippen molar-refractivity contribution >= 4 is 15.9 Å². The van der Waals surface area contributed by atoms with Crippen LogP contribution in [-0.4, -0.2) is 0 Å². The lowest BCUT2D eigenvalue weighted by molar-refractivity contribution is 0.493. The van der Waals surface area contributed by atoms with Crippen molar-refractivity contribution in [1.29, 1.82) is 0 Å². The average molecular weight is 318 g/mol. The second-order valence-corrected chi connectivity index (χ2v) is 5.90. The maximum Gasteiger partial charge on any atom is 0.0308 e. The number of hydrogen-bond donors (Lipinski definition) is 1. The number of hydrogen-bond acceptors (Lipinski definition) is 1. The zero-order chi connectivity index (χ0) is 13.8. The monoisotopic (exact) mass is 317 g/mol. The Hall–Kier alpha value is -1.12. The summed E-state index contributed by atoms with van der Waals surface area (Å²) in [4.78, 5) is 0. The van der Waals surface area contributed by atoms with E-state index in [0.29, 0.717) is 12.1 Å². The Morgan fingerprint density at radius 3 is 2.37 bits per heavy atom. The van der Waals surface area contributed by atoms with Gasteiger partial charge in [0.2, 0.25) is 0 Å². The summed E-state index contributed by atoms with van der Waals surface area (Å²) in [5.74, 6) is 0. The molecule has 2 aromatic rings. The summed E-state index contributed by atoms with van der Waals surface area (Å²) < 4.78 is 1.16. The van der Waals surface area contributed by atoms with Crippen LogP contribution in [0, 0.1) is 6.92 Å². The van der Waals surface area contributed by atoms with Crippen molar-refractivity contribution in [1.82, 2.24) is 5.32 Å². The molecule has 0 radical (unpaired) electrons. The standard InChI is InChI=1S/C17H20BrN/c1-12-7-6-8-15(11-12)13(2)19-14(3)16-9-4-5-10-17(16)18/h4-11,13-14,19H,1-3H3/t13-,14?/m1/s1. The Labute approximate surface area is 124 Å². The van der Waals surface area contributed by atoms with Crippen molar-refractivity contribution in [2.45, 2.75) is 32.9 Å². The molecule has 0 saturated carbocycles. The molecule has 0 aromatic heterocycles. The summed E-state index contributed by atoms with van der Waals surface area (Å²) in [7, 11) is 0. The molecule has 0 fully saturated rings. The van der Waals surface area contributed by atoms with Crippen LogP contribution in [0.3, 0.4) is 0 Å². The van der Waals surface area contributed by atoms with Gasteiger partial charge in [-0.2, -0.15) is 0 Å². The predicted molar refractivity (Wildman–Crippen MR) is 85.3 cm³/mol. The van der Waals surface area contributed by atoms with E-state index in [2.05, 4.69) is 84.5 Å². The van der Waals surface area contributed by atoms with Gasteiger partial charge in [0.05, 0.1) is 0 Å². The van der Waals surface area contributed by atoms with E-state index < -0.39 is 0 Å². The van der Waals surface area contributed by atoms with Crippen LogP contribution in [-0.2, 0) is 0 Å². The SMILES string of the molecule is Cc1cccc([C@@H](C)NC(C)c2ccccc2Br)c1. The number of nitrogens with one attached hydrogen (secondary N) is 1. The van der Waals surface area contributed by atoms with E-state index in [1.807, 2.05) is 6.07 Å². The highest BCUT2D eigenvalue weighted by atomic mass is 79.9. The summed E-state index contributed by atoms with van der Waals surface area (Å²) >= 11 is 3.61. The second-order valence-electron chi connectivity index (χ2n) is 5.05. The van der Waals surface area contributed by atoms with Crippen LogP contribution in [0.5, 0.6) is 0 Å². The van der Waals surface area contributed by atoms with Gasteiger partial charge >= 0.3 is 0 Å². The normalized spacial score (nSPS) is 14.1. The highest BCUT2D eigenvalue weighted by molar-refractivity contribution is 9.10. The average Bonchev–Trinajstić information content (AvgIpc) is 2.39. The van der Waals surface area contributed by atoms with Gasteiger partial charge in [0, 0.05) is 16.6 Å². The quantitative estimate of drug-likeness (QED) is 0.820. The Morgan fingerprint density at radius 1 is 0.947 bits per heavy atom. The fraction of sp³-hybridized carbons (Fsp3) is 0.294. The zero-order valence-corrected chi connectivity index (χ0v) is 13.2. The first-order chi connectivity index (χ1) is 9.08. The Balaban J connectivity index is 2.11. The first kappa shape index (κ1) is 14.3. The van der Waals surface area contributed by atoms with Gasteiger partial charge in [-0.1, -0.05) is 64.0 Å². The third-order valence-electron chi connectivity index (χ3n) is 3.41. The third-order valence-corrected chi connectivity index (χ3v) is 4.14. The van der Waals surface area contributed by atoms with Crippen LogP contribution in [0.25, 0.3) is 0 Å². The van der Waals surface area contributed by atoms with Gasteiger partial charge in [-0.15, -0.1) is 0 Å². The summed E-state index contributed by atoms with van der Waals surface area (Å²) in [5, 5.41) is 3.65. The van der Waals surface area contributed by atoms with E-state index in [9.17, 15) is 0 Å². The fourth-order valence-electron chi connectivity index (χ4n) is 2.33. The summed E-state index contributed by atoms with van der Waals surface area (Å²) in [6.45, 7) is 6.54. The number of halogens is 1.